The van der Waals surface area contributed by atoms with E-state index in [1.54, 1.807) is 6.20 Å². The summed E-state index contributed by atoms with van der Waals surface area (Å²) in [4.78, 5) is 0. The normalized spacial score (nSPS) is 10.4. The van der Waals surface area contributed by atoms with E-state index in [1.807, 2.05) is 35.0 Å². The van der Waals surface area contributed by atoms with Crippen LogP contribution in [0.5, 0.6) is 5.75 Å². The second-order valence-electron chi connectivity index (χ2n) is 3.38. The van der Waals surface area contributed by atoms with Crippen LogP contribution >= 0.6 is 15.9 Å². The van der Waals surface area contributed by atoms with Gasteiger partial charge >= 0.3 is 0 Å². The molecule has 0 aliphatic carbocycles. The molecule has 0 N–H and O–H groups in total. The standard InChI is InChI=1S/C12H13BrN2O/c1-2-15-11(7-8-14-15)9-16-12-5-3-10(13)4-6-12/h3-8H,2,9H2,1H3. The van der Waals surface area contributed by atoms with Crippen molar-refractivity contribution in [2.75, 3.05) is 0 Å². The highest BCUT2D eigenvalue weighted by molar-refractivity contribution is 9.10. The number of hydrogen-bond acceptors (Lipinski definition) is 2. The van der Waals surface area contributed by atoms with E-state index >= 15 is 0 Å². The zero-order valence-corrected chi connectivity index (χ0v) is 10.6. The van der Waals surface area contributed by atoms with Crippen molar-refractivity contribution in [3.05, 3.63) is 46.7 Å². The molecule has 2 aromatic rings. The Morgan fingerprint density at radius 3 is 2.69 bits per heavy atom. The summed E-state index contributed by atoms with van der Waals surface area (Å²) in [6.07, 6.45) is 1.80. The Balaban J connectivity index is 1.99. The van der Waals surface area contributed by atoms with Crippen molar-refractivity contribution in [2.24, 2.45) is 0 Å². The predicted octanol–water partition coefficient (Wildman–Crippen LogP) is 3.24. The zero-order valence-electron chi connectivity index (χ0n) is 9.06. The Bertz CT molecular complexity index is 450. The van der Waals surface area contributed by atoms with Crippen LogP contribution in [-0.4, -0.2) is 9.78 Å². The van der Waals surface area contributed by atoms with Crippen LogP contribution in [0.25, 0.3) is 0 Å². The molecule has 0 atom stereocenters. The van der Waals surface area contributed by atoms with E-state index in [0.717, 1.165) is 22.5 Å². The van der Waals surface area contributed by atoms with E-state index in [4.69, 9.17) is 4.74 Å². The summed E-state index contributed by atoms with van der Waals surface area (Å²) >= 11 is 3.39. The Labute approximate surface area is 103 Å². The minimum atomic E-state index is 0.551. The van der Waals surface area contributed by atoms with Gasteiger partial charge in [-0.25, -0.2) is 0 Å². The van der Waals surface area contributed by atoms with Crippen molar-refractivity contribution in [1.29, 1.82) is 0 Å². The van der Waals surface area contributed by atoms with Gasteiger partial charge in [-0.2, -0.15) is 5.10 Å². The minimum absolute atomic E-state index is 0.551. The molecule has 0 saturated carbocycles. The molecule has 0 unspecified atom stereocenters. The Morgan fingerprint density at radius 2 is 2.00 bits per heavy atom. The lowest BCUT2D eigenvalue weighted by Crippen LogP contribution is -2.05. The van der Waals surface area contributed by atoms with E-state index in [9.17, 15) is 0 Å². The monoisotopic (exact) mass is 280 g/mol. The largest absolute Gasteiger partial charge is 0.487 e. The van der Waals surface area contributed by atoms with E-state index < -0.39 is 0 Å². The molecule has 2 rings (SSSR count). The van der Waals surface area contributed by atoms with Gasteiger partial charge < -0.3 is 4.74 Å². The van der Waals surface area contributed by atoms with Crippen LogP contribution in [0, 0.1) is 0 Å². The van der Waals surface area contributed by atoms with E-state index in [1.165, 1.54) is 0 Å². The minimum Gasteiger partial charge on any atom is -0.487 e. The fourth-order valence-electron chi connectivity index (χ4n) is 1.46. The van der Waals surface area contributed by atoms with Crippen LogP contribution in [0.1, 0.15) is 12.6 Å². The van der Waals surface area contributed by atoms with Gasteiger partial charge in [0.2, 0.25) is 0 Å². The average molecular weight is 281 g/mol. The number of aromatic nitrogens is 2. The first-order valence-corrected chi connectivity index (χ1v) is 5.98. The van der Waals surface area contributed by atoms with Crippen molar-refractivity contribution in [2.45, 2.75) is 20.1 Å². The zero-order chi connectivity index (χ0) is 11.4. The summed E-state index contributed by atoms with van der Waals surface area (Å²) in [5.41, 5.74) is 1.09. The van der Waals surface area contributed by atoms with Gasteiger partial charge in [-0.1, -0.05) is 15.9 Å². The highest BCUT2D eigenvalue weighted by atomic mass is 79.9. The summed E-state index contributed by atoms with van der Waals surface area (Å²) in [5.74, 6) is 0.868. The van der Waals surface area contributed by atoms with Crippen LogP contribution < -0.4 is 4.74 Å². The molecule has 0 fully saturated rings. The SMILES string of the molecule is CCn1nccc1COc1ccc(Br)cc1. The Morgan fingerprint density at radius 1 is 1.25 bits per heavy atom. The average Bonchev–Trinajstić information content (AvgIpc) is 2.76. The van der Waals surface area contributed by atoms with Crippen molar-refractivity contribution in [3.63, 3.8) is 0 Å². The molecule has 0 amide bonds. The smallest absolute Gasteiger partial charge is 0.130 e. The molecule has 1 aromatic heterocycles. The van der Waals surface area contributed by atoms with Gasteiger partial charge in [0, 0.05) is 17.2 Å². The third kappa shape index (κ3) is 2.64. The van der Waals surface area contributed by atoms with Gasteiger partial charge in [-0.3, -0.25) is 4.68 Å². The fraction of sp³-hybridized carbons (Fsp3) is 0.250. The van der Waals surface area contributed by atoms with Crippen molar-refractivity contribution in [1.82, 2.24) is 9.78 Å². The van der Waals surface area contributed by atoms with Crippen LogP contribution in [-0.2, 0) is 13.2 Å². The summed E-state index contributed by atoms with van der Waals surface area (Å²) in [6, 6.07) is 9.79. The number of nitrogens with zero attached hydrogens (tertiary/aromatic N) is 2. The molecule has 16 heavy (non-hydrogen) atoms. The summed E-state index contributed by atoms with van der Waals surface area (Å²) in [7, 11) is 0. The molecule has 1 heterocycles. The second kappa shape index (κ2) is 5.16. The number of halogens is 1. The molecule has 0 aliphatic heterocycles. The molecule has 0 saturated heterocycles. The molecule has 0 radical (unpaired) electrons. The molecule has 3 nitrogen and oxygen atoms in total. The van der Waals surface area contributed by atoms with Crippen LogP contribution in [0.15, 0.2) is 41.0 Å². The molecule has 4 heteroatoms. The quantitative estimate of drug-likeness (QED) is 0.860. The van der Waals surface area contributed by atoms with Gasteiger partial charge in [0.05, 0.1) is 5.69 Å². The third-order valence-corrected chi connectivity index (χ3v) is 2.83. The highest BCUT2D eigenvalue weighted by Gasteiger charge is 2.01. The topological polar surface area (TPSA) is 27.1 Å². The first kappa shape index (κ1) is 11.2. The van der Waals surface area contributed by atoms with Gasteiger partial charge in [0.25, 0.3) is 0 Å². The van der Waals surface area contributed by atoms with Crippen LogP contribution in [0.2, 0.25) is 0 Å². The van der Waals surface area contributed by atoms with Crippen molar-refractivity contribution in [3.8, 4) is 5.75 Å². The maximum Gasteiger partial charge on any atom is 0.130 e. The predicted molar refractivity (Wildman–Crippen MR) is 66.4 cm³/mol. The van der Waals surface area contributed by atoms with Gasteiger partial charge in [0.15, 0.2) is 0 Å². The Kier molecular flexibility index (Phi) is 3.62. The van der Waals surface area contributed by atoms with E-state index in [0.29, 0.717) is 6.61 Å². The Hall–Kier alpha value is -1.29. The summed E-state index contributed by atoms with van der Waals surface area (Å²) in [6.45, 7) is 3.48. The number of ether oxygens (including phenoxy) is 1. The maximum absolute atomic E-state index is 5.67. The molecule has 1 aromatic carbocycles. The molecule has 0 bridgehead atoms. The van der Waals surface area contributed by atoms with Crippen molar-refractivity contribution < 1.29 is 4.74 Å². The third-order valence-electron chi connectivity index (χ3n) is 2.30. The maximum atomic E-state index is 5.67. The lowest BCUT2D eigenvalue weighted by molar-refractivity contribution is 0.292. The molecule has 0 spiro atoms. The first-order chi connectivity index (χ1) is 7.79. The first-order valence-electron chi connectivity index (χ1n) is 5.18. The van der Waals surface area contributed by atoms with E-state index in [2.05, 4.69) is 28.0 Å². The number of hydrogen-bond donors (Lipinski definition) is 0. The summed E-state index contributed by atoms with van der Waals surface area (Å²) in [5, 5.41) is 4.19. The van der Waals surface area contributed by atoms with Gasteiger partial charge in [0.1, 0.15) is 12.4 Å². The molecular formula is C12H13BrN2O. The molecule has 84 valence electrons. The number of aryl methyl sites for hydroxylation is 1. The number of rotatable bonds is 4. The molecular weight excluding hydrogens is 268 g/mol. The lowest BCUT2D eigenvalue weighted by Gasteiger charge is -2.07. The van der Waals surface area contributed by atoms with Gasteiger partial charge in [-0.05, 0) is 37.3 Å². The second-order valence-corrected chi connectivity index (χ2v) is 4.30. The fourth-order valence-corrected chi connectivity index (χ4v) is 1.72. The molecule has 0 aliphatic rings. The number of benzene rings is 1. The van der Waals surface area contributed by atoms with Gasteiger partial charge in [-0.15, -0.1) is 0 Å². The lowest BCUT2D eigenvalue weighted by atomic mass is 10.3. The van der Waals surface area contributed by atoms with Crippen LogP contribution in [0.3, 0.4) is 0 Å². The summed E-state index contributed by atoms with van der Waals surface area (Å²) < 4.78 is 8.65. The van der Waals surface area contributed by atoms with Crippen LogP contribution in [0.4, 0.5) is 0 Å². The highest BCUT2D eigenvalue weighted by Crippen LogP contribution is 2.17. The van der Waals surface area contributed by atoms with E-state index in [-0.39, 0.29) is 0 Å². The van der Waals surface area contributed by atoms with Crippen molar-refractivity contribution >= 4 is 15.9 Å².